The second kappa shape index (κ2) is 6.30. The van der Waals surface area contributed by atoms with E-state index in [9.17, 15) is 4.79 Å². The number of primary amides is 1. The molecule has 1 aliphatic heterocycles. The number of amides is 1. The molecular formula is C22H26N2O. The van der Waals surface area contributed by atoms with Crippen LogP contribution in [0.4, 0.5) is 0 Å². The number of piperidine rings is 1. The van der Waals surface area contributed by atoms with Crippen LogP contribution in [-0.4, -0.2) is 30.4 Å². The molecule has 1 unspecified atom stereocenters. The lowest BCUT2D eigenvalue weighted by atomic mass is 9.79. The van der Waals surface area contributed by atoms with E-state index < -0.39 is 5.41 Å². The van der Waals surface area contributed by atoms with Crippen LogP contribution < -0.4 is 5.73 Å². The average molecular weight is 334 g/mol. The van der Waals surface area contributed by atoms with Crippen molar-refractivity contribution in [2.24, 2.45) is 11.1 Å². The third-order valence-corrected chi connectivity index (χ3v) is 6.21. The first-order chi connectivity index (χ1) is 12.2. The van der Waals surface area contributed by atoms with E-state index in [2.05, 4.69) is 53.4 Å². The van der Waals surface area contributed by atoms with Crippen LogP contribution in [0.3, 0.4) is 0 Å². The highest BCUT2D eigenvalue weighted by Crippen LogP contribution is 2.68. The Morgan fingerprint density at radius 2 is 1.40 bits per heavy atom. The lowest BCUT2D eigenvalue weighted by molar-refractivity contribution is -0.124. The van der Waals surface area contributed by atoms with Crippen molar-refractivity contribution in [2.45, 2.75) is 31.1 Å². The molecule has 3 nitrogen and oxygen atoms in total. The highest BCUT2D eigenvalue weighted by molar-refractivity contribution is 5.89. The summed E-state index contributed by atoms with van der Waals surface area (Å²) >= 11 is 0. The number of carbonyl (C=O) groups excluding carboxylic acids is 1. The Hall–Kier alpha value is -2.13. The van der Waals surface area contributed by atoms with Crippen molar-refractivity contribution < 1.29 is 4.79 Å². The first-order valence-corrected chi connectivity index (χ1v) is 9.32. The lowest BCUT2D eigenvalue weighted by Gasteiger charge is -2.33. The largest absolute Gasteiger partial charge is 0.369 e. The van der Waals surface area contributed by atoms with E-state index in [0.29, 0.717) is 0 Å². The van der Waals surface area contributed by atoms with Gasteiger partial charge in [-0.2, -0.15) is 0 Å². The molecule has 2 fully saturated rings. The number of hydrogen-bond acceptors (Lipinski definition) is 2. The van der Waals surface area contributed by atoms with Crippen LogP contribution in [0.5, 0.6) is 0 Å². The molecule has 1 heterocycles. The maximum Gasteiger partial charge on any atom is 0.226 e. The third-order valence-electron chi connectivity index (χ3n) is 6.21. The summed E-state index contributed by atoms with van der Waals surface area (Å²) in [6.07, 6.45) is 4.54. The van der Waals surface area contributed by atoms with Crippen LogP contribution in [0.25, 0.3) is 0 Å². The topological polar surface area (TPSA) is 46.3 Å². The highest BCUT2D eigenvalue weighted by atomic mass is 16.1. The van der Waals surface area contributed by atoms with Gasteiger partial charge in [0.2, 0.25) is 5.91 Å². The molecule has 130 valence electrons. The maximum absolute atomic E-state index is 12.7. The van der Waals surface area contributed by atoms with E-state index in [1.54, 1.807) is 0 Å². The van der Waals surface area contributed by atoms with E-state index in [0.717, 1.165) is 26.1 Å². The summed E-state index contributed by atoms with van der Waals surface area (Å²) in [4.78, 5) is 15.2. The van der Waals surface area contributed by atoms with E-state index in [1.807, 2.05) is 12.1 Å². The van der Waals surface area contributed by atoms with Gasteiger partial charge in [0, 0.05) is 12.0 Å². The number of rotatable bonds is 5. The summed E-state index contributed by atoms with van der Waals surface area (Å²) in [7, 11) is 0. The molecule has 25 heavy (non-hydrogen) atoms. The van der Waals surface area contributed by atoms with Crippen LogP contribution in [-0.2, 0) is 10.2 Å². The minimum absolute atomic E-state index is 0.161. The van der Waals surface area contributed by atoms with E-state index >= 15 is 0 Å². The molecule has 2 aromatic carbocycles. The second-order valence-corrected chi connectivity index (χ2v) is 7.60. The number of nitrogens with zero attached hydrogens (tertiary/aromatic N) is 1. The predicted octanol–water partition coefficient (Wildman–Crippen LogP) is 3.33. The number of likely N-dealkylation sites (tertiary alicyclic amines) is 1. The third kappa shape index (κ3) is 2.58. The van der Waals surface area contributed by atoms with Gasteiger partial charge in [0.25, 0.3) is 0 Å². The minimum Gasteiger partial charge on any atom is -0.369 e. The summed E-state index contributed by atoms with van der Waals surface area (Å²) in [6, 6.07) is 20.9. The SMILES string of the molecule is NC(=O)C1(CN2CCCCC2)CC1(c1ccccc1)c1ccccc1. The Kier molecular flexibility index (Phi) is 4.12. The molecule has 1 saturated carbocycles. The molecule has 1 atom stereocenters. The number of benzene rings is 2. The monoisotopic (exact) mass is 334 g/mol. The van der Waals surface area contributed by atoms with Crippen molar-refractivity contribution in [3.63, 3.8) is 0 Å². The Balaban J connectivity index is 1.78. The van der Waals surface area contributed by atoms with Gasteiger partial charge in [-0.3, -0.25) is 4.79 Å². The summed E-state index contributed by atoms with van der Waals surface area (Å²) in [5.41, 5.74) is 7.65. The smallest absolute Gasteiger partial charge is 0.226 e. The van der Waals surface area contributed by atoms with Gasteiger partial charge in [-0.15, -0.1) is 0 Å². The van der Waals surface area contributed by atoms with E-state index in [1.165, 1.54) is 30.4 Å². The molecule has 0 radical (unpaired) electrons. The van der Waals surface area contributed by atoms with Gasteiger partial charge in [-0.25, -0.2) is 0 Å². The van der Waals surface area contributed by atoms with Gasteiger partial charge in [-0.1, -0.05) is 67.1 Å². The quantitative estimate of drug-likeness (QED) is 0.911. The van der Waals surface area contributed by atoms with Gasteiger partial charge in [-0.05, 0) is 43.5 Å². The first-order valence-electron chi connectivity index (χ1n) is 9.32. The molecule has 4 rings (SSSR count). The standard InChI is InChI=1S/C22H26N2O/c23-20(25)21(17-24-14-8-3-9-15-24)16-22(21,18-10-4-1-5-11-18)19-12-6-2-7-13-19/h1-2,4-7,10-13H,3,8-9,14-17H2,(H2,23,25). The van der Waals surface area contributed by atoms with Crippen molar-refractivity contribution >= 4 is 5.91 Å². The molecule has 1 saturated heterocycles. The van der Waals surface area contributed by atoms with Crippen molar-refractivity contribution in [1.82, 2.24) is 4.90 Å². The van der Waals surface area contributed by atoms with Crippen molar-refractivity contribution in [2.75, 3.05) is 19.6 Å². The molecule has 0 aromatic heterocycles. The molecule has 1 aliphatic carbocycles. The molecule has 2 aliphatic rings. The van der Waals surface area contributed by atoms with E-state index in [-0.39, 0.29) is 11.3 Å². The zero-order chi connectivity index (χ0) is 17.3. The molecule has 1 amide bonds. The summed E-state index contributed by atoms with van der Waals surface area (Å²) in [5, 5.41) is 0. The van der Waals surface area contributed by atoms with Gasteiger partial charge in [0.15, 0.2) is 0 Å². The molecule has 2 N–H and O–H groups in total. The van der Waals surface area contributed by atoms with Gasteiger partial charge < -0.3 is 10.6 Å². The maximum atomic E-state index is 12.7. The first kappa shape index (κ1) is 16.3. The van der Waals surface area contributed by atoms with Crippen molar-refractivity contribution in [3.8, 4) is 0 Å². The van der Waals surface area contributed by atoms with Gasteiger partial charge >= 0.3 is 0 Å². The number of hydrogen-bond donors (Lipinski definition) is 1. The fourth-order valence-electron chi connectivity index (χ4n) is 4.84. The Morgan fingerprint density at radius 1 is 0.880 bits per heavy atom. The number of carbonyl (C=O) groups is 1. The van der Waals surface area contributed by atoms with E-state index in [4.69, 9.17) is 5.73 Å². The molecule has 3 heteroatoms. The molecule has 2 aromatic rings. The fourth-order valence-corrected chi connectivity index (χ4v) is 4.84. The Labute approximate surface area is 149 Å². The lowest BCUT2D eigenvalue weighted by Crippen LogP contribution is -2.44. The summed E-state index contributed by atoms with van der Waals surface area (Å²) in [6.45, 7) is 2.93. The fraction of sp³-hybridized carbons (Fsp3) is 0.409. The Morgan fingerprint density at radius 3 is 1.88 bits per heavy atom. The van der Waals surface area contributed by atoms with Crippen LogP contribution in [0.2, 0.25) is 0 Å². The van der Waals surface area contributed by atoms with Gasteiger partial charge in [0.1, 0.15) is 0 Å². The normalized spacial score (nSPS) is 25.4. The zero-order valence-electron chi connectivity index (χ0n) is 14.7. The molecule has 0 bridgehead atoms. The summed E-state index contributed by atoms with van der Waals surface area (Å²) < 4.78 is 0. The average Bonchev–Trinajstić information content (AvgIpc) is 3.35. The van der Waals surface area contributed by atoms with Gasteiger partial charge in [0.05, 0.1) is 5.41 Å². The van der Waals surface area contributed by atoms with Crippen LogP contribution in [0.15, 0.2) is 60.7 Å². The molecular weight excluding hydrogens is 308 g/mol. The van der Waals surface area contributed by atoms with Crippen LogP contribution >= 0.6 is 0 Å². The van der Waals surface area contributed by atoms with Crippen LogP contribution in [0, 0.1) is 5.41 Å². The zero-order valence-corrected chi connectivity index (χ0v) is 14.7. The summed E-state index contributed by atoms with van der Waals surface area (Å²) in [5.74, 6) is -0.161. The highest BCUT2D eigenvalue weighted by Gasteiger charge is 2.72. The molecule has 0 spiro atoms. The minimum atomic E-state index is -0.507. The second-order valence-electron chi connectivity index (χ2n) is 7.60. The van der Waals surface area contributed by atoms with Crippen LogP contribution in [0.1, 0.15) is 36.8 Å². The predicted molar refractivity (Wildman–Crippen MR) is 100 cm³/mol. The number of nitrogens with two attached hydrogens (primary N) is 1. The van der Waals surface area contributed by atoms with Crippen molar-refractivity contribution in [3.05, 3.63) is 71.8 Å². The van der Waals surface area contributed by atoms with Crippen molar-refractivity contribution in [1.29, 1.82) is 0 Å². The Bertz CT molecular complexity index is 698.